The standard InChI is InChI=1S/C16H26N2OS2/c1-2-3-13-20-17-14-19-21-16-8-6-7-15(9-10-16)18-11-4-5-12-18/h7-10,17H,2-6,11-14H2,1H3. The molecule has 0 spiro atoms. The zero-order valence-electron chi connectivity index (χ0n) is 12.8. The minimum atomic E-state index is 0.580. The molecule has 0 bridgehead atoms. The van der Waals surface area contributed by atoms with Crippen LogP contribution in [0.25, 0.3) is 0 Å². The van der Waals surface area contributed by atoms with Gasteiger partial charge in [-0.05, 0) is 37.8 Å². The van der Waals surface area contributed by atoms with Gasteiger partial charge in [0.15, 0.2) is 0 Å². The third-order valence-electron chi connectivity index (χ3n) is 3.51. The van der Waals surface area contributed by atoms with E-state index in [1.165, 1.54) is 61.4 Å². The molecule has 3 nitrogen and oxygen atoms in total. The van der Waals surface area contributed by atoms with Gasteiger partial charge in [-0.1, -0.05) is 37.4 Å². The molecule has 0 aromatic heterocycles. The summed E-state index contributed by atoms with van der Waals surface area (Å²) in [5.74, 6) is 1.15. The van der Waals surface area contributed by atoms with Crippen molar-refractivity contribution in [2.24, 2.45) is 0 Å². The largest absolute Gasteiger partial charge is 0.372 e. The number of rotatable bonds is 9. The predicted octanol–water partition coefficient (Wildman–Crippen LogP) is 4.47. The number of likely N-dealkylation sites (tertiary alicyclic amines) is 1. The molecule has 0 saturated carbocycles. The topological polar surface area (TPSA) is 24.5 Å². The maximum absolute atomic E-state index is 5.60. The molecule has 21 heavy (non-hydrogen) atoms. The van der Waals surface area contributed by atoms with Crippen LogP contribution in [0.2, 0.25) is 0 Å². The van der Waals surface area contributed by atoms with Crippen LogP contribution in [-0.4, -0.2) is 30.5 Å². The van der Waals surface area contributed by atoms with Gasteiger partial charge in [-0.25, -0.2) is 4.72 Å². The lowest BCUT2D eigenvalue weighted by atomic mass is 10.3. The summed E-state index contributed by atoms with van der Waals surface area (Å²) >= 11 is 3.21. The highest BCUT2D eigenvalue weighted by Gasteiger charge is 2.13. The summed E-state index contributed by atoms with van der Waals surface area (Å²) in [6, 6.07) is 0. The number of allylic oxidation sites excluding steroid dienone is 4. The SMILES string of the molecule is CCCCSNCOSC1=CCC=C(N2CCCC2)C=C1. The number of unbranched alkanes of at least 4 members (excludes halogenated alkanes) is 1. The molecule has 0 atom stereocenters. The maximum atomic E-state index is 5.60. The number of hydrogen-bond donors (Lipinski definition) is 1. The average molecular weight is 327 g/mol. The zero-order valence-corrected chi connectivity index (χ0v) is 14.5. The fraction of sp³-hybridized carbons (Fsp3) is 0.625. The quantitative estimate of drug-likeness (QED) is 0.292. The molecule has 1 heterocycles. The van der Waals surface area contributed by atoms with Crippen molar-refractivity contribution < 1.29 is 4.18 Å². The average Bonchev–Trinajstić information content (AvgIpc) is 2.93. The highest BCUT2D eigenvalue weighted by atomic mass is 32.2. The van der Waals surface area contributed by atoms with Gasteiger partial charge in [0.2, 0.25) is 0 Å². The third kappa shape index (κ3) is 6.51. The Hall–Kier alpha value is -0.360. The summed E-state index contributed by atoms with van der Waals surface area (Å²) in [7, 11) is 0. The number of nitrogens with one attached hydrogen (secondary N) is 1. The monoisotopic (exact) mass is 326 g/mol. The Kier molecular flexibility index (Phi) is 8.40. The third-order valence-corrected chi connectivity index (χ3v) is 5.06. The van der Waals surface area contributed by atoms with Crippen LogP contribution in [0, 0.1) is 0 Å². The van der Waals surface area contributed by atoms with Crippen molar-refractivity contribution in [1.82, 2.24) is 9.62 Å². The summed E-state index contributed by atoms with van der Waals surface area (Å²) in [6.07, 6.45) is 15.1. The van der Waals surface area contributed by atoms with E-state index in [1.54, 1.807) is 11.9 Å². The second-order valence-electron chi connectivity index (χ2n) is 5.19. The van der Waals surface area contributed by atoms with E-state index in [4.69, 9.17) is 4.18 Å². The molecular formula is C16H26N2OS2. The molecule has 1 aliphatic carbocycles. The van der Waals surface area contributed by atoms with Crippen molar-refractivity contribution >= 4 is 24.0 Å². The van der Waals surface area contributed by atoms with E-state index in [0.717, 1.165) is 12.2 Å². The fourth-order valence-electron chi connectivity index (χ4n) is 2.32. The Bertz CT molecular complexity index is 388. The van der Waals surface area contributed by atoms with Gasteiger partial charge in [-0.2, -0.15) is 0 Å². The predicted molar refractivity (Wildman–Crippen MR) is 94.8 cm³/mol. The van der Waals surface area contributed by atoms with Crippen molar-refractivity contribution in [1.29, 1.82) is 0 Å². The Morgan fingerprint density at radius 1 is 1.24 bits per heavy atom. The van der Waals surface area contributed by atoms with Crippen LogP contribution < -0.4 is 4.72 Å². The van der Waals surface area contributed by atoms with Crippen LogP contribution in [0.1, 0.15) is 39.0 Å². The second kappa shape index (κ2) is 10.4. The molecule has 0 aromatic rings. The first-order chi connectivity index (χ1) is 10.4. The van der Waals surface area contributed by atoms with E-state index in [-0.39, 0.29) is 0 Å². The molecule has 1 N–H and O–H groups in total. The molecule has 1 aliphatic heterocycles. The van der Waals surface area contributed by atoms with Gasteiger partial charge in [0, 0.05) is 41.5 Å². The van der Waals surface area contributed by atoms with E-state index in [2.05, 4.69) is 40.8 Å². The van der Waals surface area contributed by atoms with Gasteiger partial charge >= 0.3 is 0 Å². The van der Waals surface area contributed by atoms with Crippen molar-refractivity contribution in [2.75, 3.05) is 25.6 Å². The van der Waals surface area contributed by atoms with Gasteiger partial charge in [0.1, 0.15) is 6.73 Å². The lowest BCUT2D eigenvalue weighted by molar-refractivity contribution is 0.375. The maximum Gasteiger partial charge on any atom is 0.121 e. The van der Waals surface area contributed by atoms with Crippen molar-refractivity contribution in [3.63, 3.8) is 0 Å². The van der Waals surface area contributed by atoms with Crippen molar-refractivity contribution in [3.8, 4) is 0 Å². The van der Waals surface area contributed by atoms with E-state index in [9.17, 15) is 0 Å². The van der Waals surface area contributed by atoms with Crippen LogP contribution in [0.5, 0.6) is 0 Å². The zero-order chi connectivity index (χ0) is 14.8. The molecule has 5 heteroatoms. The van der Waals surface area contributed by atoms with Crippen molar-refractivity contribution in [2.45, 2.75) is 39.0 Å². The fourth-order valence-corrected chi connectivity index (χ4v) is 3.66. The van der Waals surface area contributed by atoms with Gasteiger partial charge in [0.05, 0.1) is 0 Å². The Labute approximate surface area is 137 Å². The van der Waals surface area contributed by atoms with Crippen molar-refractivity contribution in [3.05, 3.63) is 34.9 Å². The lowest BCUT2D eigenvalue weighted by Gasteiger charge is -2.18. The van der Waals surface area contributed by atoms with Crippen LogP contribution in [-0.2, 0) is 4.18 Å². The first kappa shape index (κ1) is 17.0. The molecule has 0 unspecified atom stereocenters. The Balaban J connectivity index is 1.62. The molecular weight excluding hydrogens is 300 g/mol. The first-order valence-electron chi connectivity index (χ1n) is 7.87. The molecule has 1 saturated heterocycles. The molecule has 1 fully saturated rings. The summed E-state index contributed by atoms with van der Waals surface area (Å²) < 4.78 is 8.83. The van der Waals surface area contributed by atoms with Gasteiger partial charge in [0.25, 0.3) is 0 Å². The van der Waals surface area contributed by atoms with Crippen LogP contribution >= 0.6 is 24.0 Å². The summed E-state index contributed by atoms with van der Waals surface area (Å²) in [5, 5.41) is 0. The van der Waals surface area contributed by atoms with Crippen LogP contribution in [0.4, 0.5) is 0 Å². The van der Waals surface area contributed by atoms with Gasteiger partial charge in [-0.15, -0.1) is 0 Å². The van der Waals surface area contributed by atoms with E-state index >= 15 is 0 Å². The Morgan fingerprint density at radius 2 is 2.10 bits per heavy atom. The normalized spacial score (nSPS) is 18.6. The molecule has 0 amide bonds. The molecule has 0 aromatic carbocycles. The highest BCUT2D eigenvalue weighted by molar-refractivity contribution is 7.99. The second-order valence-corrected chi connectivity index (χ2v) is 7.05. The number of hydrogen-bond acceptors (Lipinski definition) is 5. The van der Waals surface area contributed by atoms with Gasteiger partial charge in [-0.3, -0.25) is 4.18 Å². The van der Waals surface area contributed by atoms with E-state index in [0.29, 0.717) is 6.73 Å². The van der Waals surface area contributed by atoms with E-state index < -0.39 is 0 Å². The first-order valence-corrected chi connectivity index (χ1v) is 9.60. The van der Waals surface area contributed by atoms with Crippen LogP contribution in [0.15, 0.2) is 34.9 Å². The van der Waals surface area contributed by atoms with Gasteiger partial charge < -0.3 is 4.90 Å². The smallest absolute Gasteiger partial charge is 0.121 e. The lowest BCUT2D eigenvalue weighted by Crippen LogP contribution is -2.16. The highest BCUT2D eigenvalue weighted by Crippen LogP contribution is 2.25. The summed E-state index contributed by atoms with van der Waals surface area (Å²) in [6.45, 7) is 5.20. The Morgan fingerprint density at radius 3 is 2.90 bits per heavy atom. The molecule has 2 aliphatic rings. The van der Waals surface area contributed by atoms with E-state index in [1.807, 2.05) is 0 Å². The van der Waals surface area contributed by atoms with Crippen LogP contribution in [0.3, 0.4) is 0 Å². The summed E-state index contributed by atoms with van der Waals surface area (Å²) in [5.41, 5.74) is 1.37. The minimum Gasteiger partial charge on any atom is -0.372 e. The molecule has 0 radical (unpaired) electrons. The summed E-state index contributed by atoms with van der Waals surface area (Å²) in [4.78, 5) is 3.67. The molecule has 118 valence electrons. The molecule has 2 rings (SSSR count). The minimum absolute atomic E-state index is 0.580. The number of nitrogens with zero attached hydrogens (tertiary/aromatic N) is 1.